The fraction of sp³-hybridized carbons (Fsp3) is 0.462. The van der Waals surface area contributed by atoms with E-state index in [9.17, 15) is 4.79 Å². The predicted octanol–water partition coefficient (Wildman–Crippen LogP) is 2.86. The van der Waals surface area contributed by atoms with E-state index in [1.807, 2.05) is 39.2 Å². The van der Waals surface area contributed by atoms with E-state index in [2.05, 4.69) is 32.2 Å². The van der Waals surface area contributed by atoms with E-state index in [0.717, 1.165) is 18.7 Å². The van der Waals surface area contributed by atoms with Crippen LogP contribution in [0.5, 0.6) is 0 Å². The van der Waals surface area contributed by atoms with Gasteiger partial charge < -0.3 is 10.2 Å². The normalized spacial score (nSPS) is 12.5. The molecule has 1 rings (SSSR count). The first kappa shape index (κ1) is 14.2. The standard InChI is InChI=1S/C13H19BrN2O/c1-4-12(14)13(17)15-11-7-5-6-10(8-11)9-16(2)3/h5-8,12H,4,9H2,1-3H3,(H,15,17). The summed E-state index contributed by atoms with van der Waals surface area (Å²) >= 11 is 3.34. The van der Waals surface area contributed by atoms with Crippen molar-refractivity contribution in [3.8, 4) is 0 Å². The summed E-state index contributed by atoms with van der Waals surface area (Å²) in [5.41, 5.74) is 2.04. The minimum Gasteiger partial charge on any atom is -0.325 e. The minimum atomic E-state index is -0.125. The molecule has 1 unspecified atom stereocenters. The number of rotatable bonds is 5. The Morgan fingerprint density at radius 3 is 2.76 bits per heavy atom. The fourth-order valence-corrected chi connectivity index (χ4v) is 1.63. The predicted molar refractivity (Wildman–Crippen MR) is 75.5 cm³/mol. The third kappa shape index (κ3) is 4.88. The maximum atomic E-state index is 11.7. The molecule has 3 nitrogen and oxygen atoms in total. The molecule has 17 heavy (non-hydrogen) atoms. The van der Waals surface area contributed by atoms with E-state index >= 15 is 0 Å². The molecule has 0 radical (unpaired) electrons. The van der Waals surface area contributed by atoms with Crippen molar-refractivity contribution in [2.45, 2.75) is 24.7 Å². The van der Waals surface area contributed by atoms with E-state index in [1.54, 1.807) is 0 Å². The van der Waals surface area contributed by atoms with Gasteiger partial charge in [-0.05, 0) is 38.2 Å². The van der Waals surface area contributed by atoms with E-state index in [0.29, 0.717) is 0 Å². The molecule has 1 aromatic carbocycles. The highest BCUT2D eigenvalue weighted by molar-refractivity contribution is 9.10. The highest BCUT2D eigenvalue weighted by atomic mass is 79.9. The number of halogens is 1. The molecule has 94 valence electrons. The van der Waals surface area contributed by atoms with Crippen molar-refractivity contribution < 1.29 is 4.79 Å². The van der Waals surface area contributed by atoms with Gasteiger partial charge in [-0.3, -0.25) is 4.79 Å². The Morgan fingerprint density at radius 2 is 2.18 bits per heavy atom. The van der Waals surface area contributed by atoms with Gasteiger partial charge in [0.1, 0.15) is 0 Å². The Hall–Kier alpha value is -0.870. The Bertz CT molecular complexity index is 379. The van der Waals surface area contributed by atoms with Crippen LogP contribution in [0, 0.1) is 0 Å². The van der Waals surface area contributed by atoms with Crippen LogP contribution in [0.3, 0.4) is 0 Å². The van der Waals surface area contributed by atoms with Crippen molar-refractivity contribution in [1.82, 2.24) is 4.90 Å². The molecule has 0 fully saturated rings. The molecule has 0 spiro atoms. The smallest absolute Gasteiger partial charge is 0.238 e. The molecule has 0 saturated heterocycles. The van der Waals surface area contributed by atoms with Crippen LogP contribution in [-0.4, -0.2) is 29.7 Å². The van der Waals surface area contributed by atoms with Gasteiger partial charge in [0.2, 0.25) is 5.91 Å². The molecule has 0 aliphatic rings. The van der Waals surface area contributed by atoms with Gasteiger partial charge in [0.15, 0.2) is 0 Å². The summed E-state index contributed by atoms with van der Waals surface area (Å²) in [5.74, 6) is 0.00880. The number of hydrogen-bond acceptors (Lipinski definition) is 2. The monoisotopic (exact) mass is 298 g/mol. The van der Waals surface area contributed by atoms with Gasteiger partial charge in [0.05, 0.1) is 4.83 Å². The van der Waals surface area contributed by atoms with Gasteiger partial charge in [0, 0.05) is 12.2 Å². The van der Waals surface area contributed by atoms with Gasteiger partial charge in [-0.15, -0.1) is 0 Å². The molecule has 1 N–H and O–H groups in total. The van der Waals surface area contributed by atoms with Crippen LogP contribution in [0.15, 0.2) is 24.3 Å². The van der Waals surface area contributed by atoms with Crippen LogP contribution in [-0.2, 0) is 11.3 Å². The lowest BCUT2D eigenvalue weighted by Crippen LogP contribution is -2.22. The summed E-state index contributed by atoms with van der Waals surface area (Å²) in [6.45, 7) is 2.84. The molecule has 1 amide bonds. The van der Waals surface area contributed by atoms with Crippen molar-refractivity contribution in [2.24, 2.45) is 0 Å². The Balaban J connectivity index is 2.68. The average Bonchev–Trinajstić information content (AvgIpc) is 2.27. The lowest BCUT2D eigenvalue weighted by Gasteiger charge is -2.12. The number of benzene rings is 1. The molecular weight excluding hydrogens is 280 g/mol. The second kappa shape index (κ2) is 6.77. The van der Waals surface area contributed by atoms with E-state index < -0.39 is 0 Å². The molecule has 1 aromatic rings. The van der Waals surface area contributed by atoms with Crippen LogP contribution in [0.1, 0.15) is 18.9 Å². The summed E-state index contributed by atoms with van der Waals surface area (Å²) in [5, 5.41) is 2.90. The first-order valence-corrected chi connectivity index (χ1v) is 6.63. The van der Waals surface area contributed by atoms with Crippen molar-refractivity contribution in [3.63, 3.8) is 0 Å². The van der Waals surface area contributed by atoms with Gasteiger partial charge in [-0.25, -0.2) is 0 Å². The lowest BCUT2D eigenvalue weighted by atomic mass is 10.2. The second-order valence-corrected chi connectivity index (χ2v) is 5.41. The molecule has 0 saturated carbocycles. The Kier molecular flexibility index (Phi) is 5.65. The summed E-state index contributed by atoms with van der Waals surface area (Å²) in [7, 11) is 4.05. The molecule has 0 bridgehead atoms. The SMILES string of the molecule is CCC(Br)C(=O)Nc1cccc(CN(C)C)c1. The zero-order chi connectivity index (χ0) is 12.8. The van der Waals surface area contributed by atoms with E-state index in [4.69, 9.17) is 0 Å². The number of carbonyl (C=O) groups excluding carboxylic acids is 1. The average molecular weight is 299 g/mol. The fourth-order valence-electron chi connectivity index (χ4n) is 1.52. The van der Waals surface area contributed by atoms with Crippen LogP contribution < -0.4 is 5.32 Å². The summed E-state index contributed by atoms with van der Waals surface area (Å²) in [6.07, 6.45) is 0.781. The zero-order valence-corrected chi connectivity index (χ0v) is 12.1. The highest BCUT2D eigenvalue weighted by Crippen LogP contribution is 2.14. The van der Waals surface area contributed by atoms with E-state index in [1.165, 1.54) is 5.56 Å². The van der Waals surface area contributed by atoms with Crippen LogP contribution in [0.25, 0.3) is 0 Å². The van der Waals surface area contributed by atoms with Crippen LogP contribution >= 0.6 is 15.9 Å². The van der Waals surface area contributed by atoms with Crippen LogP contribution in [0.2, 0.25) is 0 Å². The highest BCUT2D eigenvalue weighted by Gasteiger charge is 2.12. The van der Waals surface area contributed by atoms with Crippen LogP contribution in [0.4, 0.5) is 5.69 Å². The van der Waals surface area contributed by atoms with Crippen molar-refractivity contribution >= 4 is 27.5 Å². The lowest BCUT2D eigenvalue weighted by molar-refractivity contribution is -0.115. The number of nitrogens with zero attached hydrogens (tertiary/aromatic N) is 1. The number of alkyl halides is 1. The summed E-state index contributed by atoms with van der Waals surface area (Å²) in [4.78, 5) is 13.7. The largest absolute Gasteiger partial charge is 0.325 e. The van der Waals surface area contributed by atoms with Crippen molar-refractivity contribution in [1.29, 1.82) is 0 Å². The topological polar surface area (TPSA) is 32.3 Å². The number of amides is 1. The molecule has 0 aliphatic heterocycles. The first-order chi connectivity index (χ1) is 8.02. The number of anilines is 1. The molecular formula is C13H19BrN2O. The summed E-state index contributed by atoms with van der Waals surface area (Å²) in [6, 6.07) is 7.93. The molecule has 4 heteroatoms. The third-order valence-corrected chi connectivity index (χ3v) is 3.40. The minimum absolute atomic E-state index is 0.00880. The Labute approximate surface area is 111 Å². The molecule has 0 aromatic heterocycles. The van der Waals surface area contributed by atoms with Gasteiger partial charge in [-0.2, -0.15) is 0 Å². The number of nitrogens with one attached hydrogen (secondary N) is 1. The zero-order valence-electron chi connectivity index (χ0n) is 10.5. The molecule has 0 heterocycles. The van der Waals surface area contributed by atoms with Crippen molar-refractivity contribution in [2.75, 3.05) is 19.4 Å². The number of carbonyl (C=O) groups is 1. The van der Waals surface area contributed by atoms with E-state index in [-0.39, 0.29) is 10.7 Å². The maximum Gasteiger partial charge on any atom is 0.238 e. The summed E-state index contributed by atoms with van der Waals surface area (Å²) < 4.78 is 0. The second-order valence-electron chi connectivity index (χ2n) is 4.30. The van der Waals surface area contributed by atoms with Crippen molar-refractivity contribution in [3.05, 3.63) is 29.8 Å². The first-order valence-electron chi connectivity index (χ1n) is 5.71. The van der Waals surface area contributed by atoms with Gasteiger partial charge >= 0.3 is 0 Å². The third-order valence-electron chi connectivity index (χ3n) is 2.34. The maximum absolute atomic E-state index is 11.7. The van der Waals surface area contributed by atoms with Gasteiger partial charge in [-0.1, -0.05) is 35.0 Å². The molecule has 0 aliphatic carbocycles. The Morgan fingerprint density at radius 1 is 1.47 bits per heavy atom. The number of hydrogen-bond donors (Lipinski definition) is 1. The quantitative estimate of drug-likeness (QED) is 0.848. The van der Waals surface area contributed by atoms with Gasteiger partial charge in [0.25, 0.3) is 0 Å². The molecule has 1 atom stereocenters.